The van der Waals surface area contributed by atoms with Gasteiger partial charge in [-0.25, -0.2) is 9.59 Å². The molecule has 0 aromatic heterocycles. The van der Waals surface area contributed by atoms with Crippen LogP contribution in [0.4, 0.5) is 16.2 Å². The normalized spacial score (nSPS) is 10.3. The fraction of sp³-hybridized carbons (Fsp3) is 0.176. The summed E-state index contributed by atoms with van der Waals surface area (Å²) in [5, 5.41) is 5.93. The van der Waals surface area contributed by atoms with Crippen molar-refractivity contribution < 1.29 is 14.3 Å². The number of halogens is 1. The first-order valence-electron chi connectivity index (χ1n) is 7.08. The zero-order valence-corrected chi connectivity index (χ0v) is 13.6. The van der Waals surface area contributed by atoms with Crippen LogP contribution in [0.5, 0.6) is 0 Å². The number of nitrogens with one attached hydrogen (secondary N) is 2. The van der Waals surface area contributed by atoms with Gasteiger partial charge in [-0.2, -0.15) is 0 Å². The summed E-state index contributed by atoms with van der Waals surface area (Å²) >= 11 is 5.79. The standard InChI is InChI=1S/C17H17ClN2O3/c1-11(2)23-16(21)12-4-3-5-15(10-12)20-17(22)19-14-8-6-13(18)7-9-14/h3-11H,1-2H3,(H2,19,20,22). The van der Waals surface area contributed by atoms with Crippen LogP contribution in [0, 0.1) is 0 Å². The minimum absolute atomic E-state index is 0.202. The van der Waals surface area contributed by atoms with E-state index in [0.29, 0.717) is 22.0 Å². The Morgan fingerprint density at radius 2 is 1.65 bits per heavy atom. The average Bonchev–Trinajstić information content (AvgIpc) is 2.49. The van der Waals surface area contributed by atoms with Crippen molar-refractivity contribution in [1.82, 2.24) is 0 Å². The van der Waals surface area contributed by atoms with Gasteiger partial charge >= 0.3 is 12.0 Å². The number of amides is 2. The molecule has 2 aromatic rings. The summed E-state index contributed by atoms with van der Waals surface area (Å²) in [4.78, 5) is 23.8. The summed E-state index contributed by atoms with van der Waals surface area (Å²) < 4.78 is 5.12. The monoisotopic (exact) mass is 332 g/mol. The highest BCUT2D eigenvalue weighted by atomic mass is 35.5. The minimum Gasteiger partial charge on any atom is -0.459 e. The van der Waals surface area contributed by atoms with E-state index in [9.17, 15) is 9.59 Å². The van der Waals surface area contributed by atoms with Gasteiger partial charge in [-0.3, -0.25) is 0 Å². The SMILES string of the molecule is CC(C)OC(=O)c1cccc(NC(=O)Nc2ccc(Cl)cc2)c1. The number of ether oxygens (including phenoxy) is 1. The summed E-state index contributed by atoms with van der Waals surface area (Å²) in [5.41, 5.74) is 1.49. The first kappa shape index (κ1) is 16.8. The molecule has 0 saturated heterocycles. The third-order valence-electron chi connectivity index (χ3n) is 2.80. The van der Waals surface area contributed by atoms with E-state index < -0.39 is 12.0 Å². The Morgan fingerprint density at radius 3 is 2.30 bits per heavy atom. The largest absolute Gasteiger partial charge is 0.459 e. The van der Waals surface area contributed by atoms with Crippen LogP contribution in [0.2, 0.25) is 5.02 Å². The van der Waals surface area contributed by atoms with Gasteiger partial charge in [-0.05, 0) is 56.3 Å². The van der Waals surface area contributed by atoms with Gasteiger partial charge in [0.05, 0.1) is 11.7 Å². The van der Waals surface area contributed by atoms with Crippen molar-refractivity contribution in [3.05, 3.63) is 59.1 Å². The topological polar surface area (TPSA) is 67.4 Å². The summed E-state index contributed by atoms with van der Waals surface area (Å²) in [7, 11) is 0. The fourth-order valence-corrected chi connectivity index (χ4v) is 1.96. The highest BCUT2D eigenvalue weighted by Crippen LogP contribution is 2.15. The van der Waals surface area contributed by atoms with E-state index in [1.807, 2.05) is 0 Å². The molecule has 0 heterocycles. The number of benzene rings is 2. The van der Waals surface area contributed by atoms with Gasteiger partial charge in [0.25, 0.3) is 0 Å². The van der Waals surface area contributed by atoms with Crippen LogP contribution >= 0.6 is 11.6 Å². The fourth-order valence-electron chi connectivity index (χ4n) is 1.83. The van der Waals surface area contributed by atoms with Crippen LogP contribution < -0.4 is 10.6 Å². The molecule has 2 N–H and O–H groups in total. The van der Waals surface area contributed by atoms with Crippen molar-refractivity contribution in [2.24, 2.45) is 0 Å². The maximum atomic E-state index is 12.0. The quantitative estimate of drug-likeness (QED) is 0.807. The molecule has 0 aliphatic carbocycles. The van der Waals surface area contributed by atoms with Crippen LogP contribution in [-0.2, 0) is 4.74 Å². The molecule has 5 nitrogen and oxygen atoms in total. The molecule has 2 aromatic carbocycles. The number of carbonyl (C=O) groups is 2. The molecular formula is C17H17ClN2O3. The van der Waals surface area contributed by atoms with Gasteiger partial charge in [0, 0.05) is 16.4 Å². The summed E-state index contributed by atoms with van der Waals surface area (Å²) in [6.07, 6.45) is -0.202. The van der Waals surface area contributed by atoms with Gasteiger partial charge in [0.2, 0.25) is 0 Å². The van der Waals surface area contributed by atoms with E-state index in [1.165, 1.54) is 0 Å². The molecule has 0 aliphatic rings. The van der Waals surface area contributed by atoms with Crippen molar-refractivity contribution >= 4 is 35.0 Å². The molecular weight excluding hydrogens is 316 g/mol. The maximum Gasteiger partial charge on any atom is 0.338 e. The second kappa shape index (κ2) is 7.65. The van der Waals surface area contributed by atoms with Crippen LogP contribution in [0.1, 0.15) is 24.2 Å². The lowest BCUT2D eigenvalue weighted by atomic mass is 10.2. The Kier molecular flexibility index (Phi) is 5.60. The first-order chi connectivity index (χ1) is 10.9. The molecule has 120 valence electrons. The molecule has 0 saturated carbocycles. The molecule has 0 fully saturated rings. The minimum atomic E-state index is -0.429. The molecule has 23 heavy (non-hydrogen) atoms. The predicted molar refractivity (Wildman–Crippen MR) is 91.1 cm³/mol. The zero-order valence-electron chi connectivity index (χ0n) is 12.8. The molecule has 0 spiro atoms. The average molecular weight is 333 g/mol. The number of esters is 1. The van der Waals surface area contributed by atoms with Gasteiger partial charge in [-0.15, -0.1) is 0 Å². The summed E-state index contributed by atoms with van der Waals surface area (Å²) in [6.45, 7) is 3.55. The zero-order chi connectivity index (χ0) is 16.8. The van der Waals surface area contributed by atoms with Crippen LogP contribution in [0.25, 0.3) is 0 Å². The van der Waals surface area contributed by atoms with E-state index in [1.54, 1.807) is 62.4 Å². The van der Waals surface area contributed by atoms with E-state index in [4.69, 9.17) is 16.3 Å². The highest BCUT2D eigenvalue weighted by Gasteiger charge is 2.10. The lowest BCUT2D eigenvalue weighted by molar-refractivity contribution is 0.0378. The predicted octanol–water partition coefficient (Wildman–Crippen LogP) is 4.55. The third kappa shape index (κ3) is 5.30. The molecule has 0 atom stereocenters. The summed E-state index contributed by atoms with van der Waals surface area (Å²) in [6, 6.07) is 12.9. The molecule has 6 heteroatoms. The second-order valence-electron chi connectivity index (χ2n) is 5.12. The lowest BCUT2D eigenvalue weighted by Gasteiger charge is -2.10. The molecule has 2 rings (SSSR count). The van der Waals surface area contributed by atoms with Crippen LogP contribution in [0.3, 0.4) is 0 Å². The van der Waals surface area contributed by atoms with Crippen LogP contribution in [0.15, 0.2) is 48.5 Å². The number of hydrogen-bond acceptors (Lipinski definition) is 3. The Balaban J connectivity index is 2.00. The number of rotatable bonds is 4. The Hall–Kier alpha value is -2.53. The van der Waals surface area contributed by atoms with Crippen molar-refractivity contribution in [2.45, 2.75) is 20.0 Å². The molecule has 0 radical (unpaired) electrons. The van der Waals surface area contributed by atoms with Crippen molar-refractivity contribution in [3.63, 3.8) is 0 Å². The van der Waals surface area contributed by atoms with E-state index >= 15 is 0 Å². The number of carbonyl (C=O) groups excluding carboxylic acids is 2. The first-order valence-corrected chi connectivity index (χ1v) is 7.46. The summed E-state index contributed by atoms with van der Waals surface area (Å²) in [5.74, 6) is -0.429. The van der Waals surface area contributed by atoms with Gasteiger partial charge in [-0.1, -0.05) is 17.7 Å². The maximum absolute atomic E-state index is 12.0. The Morgan fingerprint density at radius 1 is 1.00 bits per heavy atom. The smallest absolute Gasteiger partial charge is 0.338 e. The van der Waals surface area contributed by atoms with Gasteiger partial charge < -0.3 is 15.4 Å². The Bertz CT molecular complexity index is 699. The highest BCUT2D eigenvalue weighted by molar-refractivity contribution is 6.30. The number of hydrogen-bond donors (Lipinski definition) is 2. The second-order valence-corrected chi connectivity index (χ2v) is 5.56. The number of anilines is 2. The third-order valence-corrected chi connectivity index (χ3v) is 3.05. The van der Waals surface area contributed by atoms with E-state index in [-0.39, 0.29) is 6.10 Å². The van der Waals surface area contributed by atoms with E-state index in [2.05, 4.69) is 10.6 Å². The van der Waals surface area contributed by atoms with Gasteiger partial charge in [0.1, 0.15) is 0 Å². The molecule has 0 aliphatic heterocycles. The molecule has 2 amide bonds. The number of urea groups is 1. The van der Waals surface area contributed by atoms with Crippen LogP contribution in [-0.4, -0.2) is 18.1 Å². The lowest BCUT2D eigenvalue weighted by Crippen LogP contribution is -2.19. The Labute approximate surface area is 139 Å². The molecule has 0 bridgehead atoms. The van der Waals surface area contributed by atoms with Crippen molar-refractivity contribution in [2.75, 3.05) is 10.6 Å². The molecule has 0 unspecified atom stereocenters. The van der Waals surface area contributed by atoms with Gasteiger partial charge in [0.15, 0.2) is 0 Å². The van der Waals surface area contributed by atoms with Crippen molar-refractivity contribution in [3.8, 4) is 0 Å². The van der Waals surface area contributed by atoms with Crippen molar-refractivity contribution in [1.29, 1.82) is 0 Å². The van der Waals surface area contributed by atoms with E-state index in [0.717, 1.165) is 0 Å².